The van der Waals surface area contributed by atoms with Crippen molar-refractivity contribution in [3.8, 4) is 11.5 Å². The molecule has 0 spiro atoms. The number of para-hydroxylation sites is 2. The molecule has 1 atom stereocenters. The number of nitrogens with one attached hydrogen (secondary N) is 1. The van der Waals surface area contributed by atoms with E-state index in [1.165, 1.54) is 4.88 Å². The van der Waals surface area contributed by atoms with Crippen LogP contribution >= 0.6 is 11.3 Å². The van der Waals surface area contributed by atoms with Crippen LogP contribution in [0.25, 0.3) is 0 Å². The average molecular weight is 488 g/mol. The number of fused-ring (bicyclic) bond motifs is 1. The number of nitrogens with zero attached hydrogens (tertiary/aromatic N) is 2. The molecule has 1 aliphatic heterocycles. The Hall–Kier alpha value is -2.74. The van der Waals surface area contributed by atoms with Crippen LogP contribution < -0.4 is 14.8 Å². The van der Waals surface area contributed by atoms with Crippen LogP contribution in [-0.2, 0) is 11.2 Å². The van der Waals surface area contributed by atoms with Crippen LogP contribution in [0.4, 0.5) is 4.79 Å². The Kier molecular flexibility index (Phi) is 9.62. The Morgan fingerprint density at radius 2 is 2.00 bits per heavy atom. The molecule has 0 bridgehead atoms. The molecule has 0 saturated heterocycles. The van der Waals surface area contributed by atoms with Gasteiger partial charge in [0.15, 0.2) is 11.5 Å². The van der Waals surface area contributed by atoms with E-state index in [1.807, 2.05) is 36.1 Å². The minimum Gasteiger partial charge on any atom is -0.493 e. The molecular formula is C26H37N3O4S. The highest BCUT2D eigenvalue weighted by atomic mass is 32.1. The zero-order valence-corrected chi connectivity index (χ0v) is 21.5. The summed E-state index contributed by atoms with van der Waals surface area (Å²) in [7, 11) is 1.62. The van der Waals surface area contributed by atoms with Gasteiger partial charge in [-0.25, -0.2) is 4.79 Å². The van der Waals surface area contributed by atoms with Gasteiger partial charge < -0.3 is 24.6 Å². The largest absolute Gasteiger partial charge is 0.493 e. The summed E-state index contributed by atoms with van der Waals surface area (Å²) in [4.78, 5) is 31.1. The predicted octanol–water partition coefficient (Wildman–Crippen LogP) is 4.73. The number of carbonyl (C=O) groups excluding carboxylic acids is 2. The van der Waals surface area contributed by atoms with Crippen molar-refractivity contribution in [1.82, 2.24) is 15.1 Å². The minimum atomic E-state index is -0.210. The summed E-state index contributed by atoms with van der Waals surface area (Å²) in [5.41, 5.74) is 1.13. The third-order valence-corrected chi connectivity index (χ3v) is 6.99. The maximum Gasteiger partial charge on any atom is 0.317 e. The van der Waals surface area contributed by atoms with Gasteiger partial charge in [-0.15, -0.1) is 11.3 Å². The first-order valence-electron chi connectivity index (χ1n) is 12.1. The van der Waals surface area contributed by atoms with Crippen LogP contribution in [0, 0.1) is 5.92 Å². The third kappa shape index (κ3) is 6.65. The summed E-state index contributed by atoms with van der Waals surface area (Å²) in [6, 6.07) is 9.22. The van der Waals surface area contributed by atoms with Crippen molar-refractivity contribution in [2.75, 3.05) is 39.9 Å². The third-order valence-electron chi connectivity index (χ3n) is 6.00. The van der Waals surface area contributed by atoms with Crippen LogP contribution in [0.15, 0.2) is 35.7 Å². The molecule has 7 nitrogen and oxygen atoms in total. The smallest absolute Gasteiger partial charge is 0.317 e. The molecule has 1 N–H and O–H groups in total. The quantitative estimate of drug-likeness (QED) is 0.497. The standard InChI is InChI=1S/C26H37N3O4S/c1-5-13-27-26(31)28(14-10-19(2)3)17-25(30)29-15-11-24-20(12-16-34-24)21(29)18-33-23-9-7-6-8-22(23)32-4/h6-9,12,16,19,21H,5,10-11,13-15,17-18H2,1-4H3,(H,27,31)/t21-/m1/s1. The van der Waals surface area contributed by atoms with Gasteiger partial charge in [-0.05, 0) is 54.3 Å². The second kappa shape index (κ2) is 12.6. The first-order chi connectivity index (χ1) is 16.4. The van der Waals surface area contributed by atoms with Gasteiger partial charge in [0.25, 0.3) is 0 Å². The lowest BCUT2D eigenvalue weighted by Gasteiger charge is -2.37. The van der Waals surface area contributed by atoms with E-state index in [4.69, 9.17) is 9.47 Å². The molecule has 2 heterocycles. The molecule has 8 heteroatoms. The van der Waals surface area contributed by atoms with Crippen molar-refractivity contribution in [1.29, 1.82) is 0 Å². The summed E-state index contributed by atoms with van der Waals surface area (Å²) in [5.74, 6) is 1.70. The molecule has 3 rings (SSSR count). The maximum atomic E-state index is 13.5. The normalized spacial score (nSPS) is 15.1. The molecule has 3 amide bonds. The van der Waals surface area contributed by atoms with Gasteiger partial charge in [-0.1, -0.05) is 32.9 Å². The number of carbonyl (C=O) groups is 2. The van der Waals surface area contributed by atoms with Gasteiger partial charge in [-0.2, -0.15) is 0 Å². The zero-order chi connectivity index (χ0) is 24.5. The Bertz CT molecular complexity index is 946. The number of rotatable bonds is 11. The number of hydrogen-bond acceptors (Lipinski definition) is 5. The lowest BCUT2D eigenvalue weighted by molar-refractivity contribution is -0.135. The maximum absolute atomic E-state index is 13.5. The molecule has 0 radical (unpaired) electrons. The predicted molar refractivity (Wildman–Crippen MR) is 136 cm³/mol. The van der Waals surface area contributed by atoms with E-state index in [1.54, 1.807) is 23.3 Å². The number of thiophene rings is 1. The van der Waals surface area contributed by atoms with Crippen molar-refractivity contribution in [2.24, 2.45) is 5.92 Å². The average Bonchev–Trinajstić information content (AvgIpc) is 3.32. The fourth-order valence-corrected chi connectivity index (χ4v) is 4.97. The summed E-state index contributed by atoms with van der Waals surface area (Å²) in [6.07, 6.45) is 2.52. The molecular weight excluding hydrogens is 450 g/mol. The van der Waals surface area contributed by atoms with Crippen molar-refractivity contribution in [3.63, 3.8) is 0 Å². The van der Waals surface area contributed by atoms with Crippen LogP contribution in [-0.4, -0.2) is 61.6 Å². The Morgan fingerprint density at radius 3 is 2.71 bits per heavy atom. The van der Waals surface area contributed by atoms with E-state index in [2.05, 4.69) is 30.6 Å². The summed E-state index contributed by atoms with van der Waals surface area (Å²) < 4.78 is 11.6. The lowest BCUT2D eigenvalue weighted by atomic mass is 10.0. The van der Waals surface area contributed by atoms with Gasteiger partial charge >= 0.3 is 6.03 Å². The zero-order valence-electron chi connectivity index (χ0n) is 20.7. The van der Waals surface area contributed by atoms with E-state index in [0.717, 1.165) is 24.8 Å². The van der Waals surface area contributed by atoms with Crippen molar-refractivity contribution in [3.05, 3.63) is 46.2 Å². The molecule has 0 fully saturated rings. The molecule has 2 aromatic rings. The minimum absolute atomic E-state index is 0.0547. The molecule has 186 valence electrons. The topological polar surface area (TPSA) is 71.1 Å². The van der Waals surface area contributed by atoms with E-state index in [0.29, 0.717) is 43.7 Å². The summed E-state index contributed by atoms with van der Waals surface area (Å²) >= 11 is 1.72. The van der Waals surface area contributed by atoms with E-state index in [-0.39, 0.29) is 24.5 Å². The number of urea groups is 1. The molecule has 34 heavy (non-hydrogen) atoms. The molecule has 0 saturated carbocycles. The highest BCUT2D eigenvalue weighted by Gasteiger charge is 2.33. The second-order valence-corrected chi connectivity index (χ2v) is 9.95. The summed E-state index contributed by atoms with van der Waals surface area (Å²) in [6.45, 7) is 8.41. The lowest BCUT2D eigenvalue weighted by Crippen LogP contribution is -2.50. The van der Waals surface area contributed by atoms with Gasteiger partial charge in [0.1, 0.15) is 13.2 Å². The van der Waals surface area contributed by atoms with Gasteiger partial charge in [0, 0.05) is 24.5 Å². The van der Waals surface area contributed by atoms with E-state index >= 15 is 0 Å². The first-order valence-corrected chi connectivity index (χ1v) is 13.0. The van der Waals surface area contributed by atoms with Gasteiger partial charge in [0.05, 0.1) is 13.2 Å². The van der Waals surface area contributed by atoms with Crippen molar-refractivity contribution < 1.29 is 19.1 Å². The number of hydrogen-bond donors (Lipinski definition) is 1. The fourth-order valence-electron chi connectivity index (χ4n) is 4.05. The Morgan fingerprint density at radius 1 is 1.24 bits per heavy atom. The SMILES string of the molecule is CCCNC(=O)N(CCC(C)C)CC(=O)N1CCc2sccc2[C@H]1COc1ccccc1OC. The molecule has 1 aromatic carbocycles. The highest BCUT2D eigenvalue weighted by Crippen LogP contribution is 2.35. The Labute approximate surface area is 207 Å². The Balaban J connectivity index is 1.76. The monoisotopic (exact) mass is 487 g/mol. The molecule has 1 aromatic heterocycles. The van der Waals surface area contributed by atoms with E-state index in [9.17, 15) is 9.59 Å². The molecule has 0 aliphatic carbocycles. The van der Waals surface area contributed by atoms with Crippen LogP contribution in [0.1, 0.15) is 50.1 Å². The number of methoxy groups -OCH3 is 1. The number of benzene rings is 1. The van der Waals surface area contributed by atoms with Crippen LogP contribution in [0.5, 0.6) is 11.5 Å². The van der Waals surface area contributed by atoms with Crippen molar-refractivity contribution in [2.45, 2.75) is 46.1 Å². The van der Waals surface area contributed by atoms with Gasteiger partial charge in [-0.3, -0.25) is 4.79 Å². The summed E-state index contributed by atoms with van der Waals surface area (Å²) in [5, 5.41) is 5.00. The van der Waals surface area contributed by atoms with Crippen molar-refractivity contribution >= 4 is 23.3 Å². The molecule has 1 aliphatic rings. The number of ether oxygens (including phenoxy) is 2. The molecule has 0 unspecified atom stereocenters. The fraction of sp³-hybridized carbons (Fsp3) is 0.538. The number of amides is 3. The van der Waals surface area contributed by atoms with Crippen LogP contribution in [0.2, 0.25) is 0 Å². The van der Waals surface area contributed by atoms with Crippen LogP contribution in [0.3, 0.4) is 0 Å². The van der Waals surface area contributed by atoms with E-state index < -0.39 is 0 Å². The first kappa shape index (κ1) is 25.9. The highest BCUT2D eigenvalue weighted by molar-refractivity contribution is 7.10. The van der Waals surface area contributed by atoms with Gasteiger partial charge in [0.2, 0.25) is 5.91 Å². The second-order valence-electron chi connectivity index (χ2n) is 8.95.